The summed E-state index contributed by atoms with van der Waals surface area (Å²) in [5, 5.41) is 10.5. The van der Waals surface area contributed by atoms with Crippen LogP contribution < -0.4 is 20.9 Å². The van der Waals surface area contributed by atoms with Crippen LogP contribution in [0.25, 0.3) is 0 Å². The number of carbonyl (C=O) groups excluding carboxylic acids is 1. The lowest BCUT2D eigenvalue weighted by molar-refractivity contribution is 0.102. The number of piperazine rings is 1. The van der Waals surface area contributed by atoms with Crippen molar-refractivity contribution in [2.45, 2.75) is 19.4 Å². The summed E-state index contributed by atoms with van der Waals surface area (Å²) in [7, 11) is 0. The Morgan fingerprint density at radius 3 is 2.50 bits per heavy atom. The Hall–Kier alpha value is -2.54. The lowest BCUT2D eigenvalue weighted by Gasteiger charge is -2.40. The number of rotatable bonds is 5. The topological polar surface area (TPSA) is 56.4 Å². The minimum atomic E-state index is -0.176. The second-order valence-electron chi connectivity index (χ2n) is 8.53. The number of nitrogens with one attached hydrogen (secondary N) is 3. The molecule has 0 bridgehead atoms. The number of hydrogen-bond donors (Lipinski definition) is 3. The fourth-order valence-corrected chi connectivity index (χ4v) is 4.62. The number of amides is 1. The Bertz CT molecular complexity index is 1120. The van der Waals surface area contributed by atoms with Gasteiger partial charge in [0, 0.05) is 46.0 Å². The fraction of sp³-hybridized carbons (Fsp3) is 0.240. The molecule has 1 fully saturated rings. The van der Waals surface area contributed by atoms with Gasteiger partial charge in [-0.2, -0.15) is 0 Å². The maximum absolute atomic E-state index is 13.1. The summed E-state index contributed by atoms with van der Waals surface area (Å²) in [6.07, 6.45) is 0. The third-order valence-corrected chi connectivity index (χ3v) is 6.30. The number of hydrogen-bond acceptors (Lipinski definition) is 4. The number of carbonyl (C=O) groups is 1. The van der Waals surface area contributed by atoms with Crippen LogP contribution >= 0.6 is 27.5 Å². The van der Waals surface area contributed by atoms with Crippen molar-refractivity contribution < 1.29 is 4.79 Å². The fourth-order valence-electron chi connectivity index (χ4n) is 3.87. The molecular weight excluding hydrogens is 488 g/mol. The predicted molar refractivity (Wildman–Crippen MR) is 138 cm³/mol. The van der Waals surface area contributed by atoms with Crippen LogP contribution in [-0.2, 0) is 0 Å². The molecule has 0 spiro atoms. The number of nitrogens with zero attached hydrogens (tertiary/aromatic N) is 1. The maximum Gasteiger partial charge on any atom is 0.257 e. The van der Waals surface area contributed by atoms with E-state index in [9.17, 15) is 4.79 Å². The smallest absolute Gasteiger partial charge is 0.257 e. The Morgan fingerprint density at radius 1 is 1.06 bits per heavy atom. The molecule has 166 valence electrons. The van der Waals surface area contributed by atoms with Gasteiger partial charge in [0.2, 0.25) is 0 Å². The van der Waals surface area contributed by atoms with E-state index < -0.39 is 0 Å². The van der Waals surface area contributed by atoms with Crippen LogP contribution in [0, 0.1) is 0 Å². The quantitative estimate of drug-likeness (QED) is 0.375. The van der Waals surface area contributed by atoms with Gasteiger partial charge in [-0.15, -0.1) is 0 Å². The molecule has 3 aromatic carbocycles. The molecule has 0 aromatic heterocycles. The summed E-state index contributed by atoms with van der Waals surface area (Å²) >= 11 is 9.67. The molecule has 32 heavy (non-hydrogen) atoms. The second kappa shape index (κ2) is 9.53. The van der Waals surface area contributed by atoms with Crippen LogP contribution in [0.3, 0.4) is 0 Å². The van der Waals surface area contributed by atoms with Crippen molar-refractivity contribution in [1.82, 2.24) is 5.32 Å². The summed E-state index contributed by atoms with van der Waals surface area (Å²) in [6, 6.07) is 20.8. The zero-order chi connectivity index (χ0) is 22.7. The molecule has 0 unspecified atom stereocenters. The van der Waals surface area contributed by atoms with E-state index in [4.69, 9.17) is 11.6 Å². The van der Waals surface area contributed by atoms with Gasteiger partial charge in [-0.05, 0) is 84.4 Å². The molecule has 7 heteroatoms. The molecule has 3 aromatic rings. The molecule has 0 radical (unpaired) electrons. The van der Waals surface area contributed by atoms with E-state index in [1.54, 1.807) is 6.07 Å². The van der Waals surface area contributed by atoms with Gasteiger partial charge >= 0.3 is 0 Å². The molecule has 1 heterocycles. The molecule has 5 nitrogen and oxygen atoms in total. The van der Waals surface area contributed by atoms with Crippen molar-refractivity contribution in [3.05, 3.63) is 81.8 Å². The average Bonchev–Trinajstić information content (AvgIpc) is 2.75. The van der Waals surface area contributed by atoms with Gasteiger partial charge in [-0.3, -0.25) is 4.79 Å². The average molecular weight is 514 g/mol. The Labute approximate surface area is 202 Å². The van der Waals surface area contributed by atoms with Gasteiger partial charge in [0.15, 0.2) is 0 Å². The standard InChI is InChI=1S/C25H26BrClN4O/c1-25(2)16-31(14-13-28-25)23-12-11-19(15-21(23)26)30-24(32)20-5-3-4-6-22(20)29-18-9-7-17(27)8-10-18/h3-12,15,28-29H,13-14,16H2,1-2H3,(H,30,32). The normalized spacial score (nSPS) is 15.3. The third kappa shape index (κ3) is 5.44. The van der Waals surface area contributed by atoms with Crippen molar-refractivity contribution in [1.29, 1.82) is 0 Å². The third-order valence-electron chi connectivity index (χ3n) is 5.41. The Balaban J connectivity index is 1.50. The molecule has 0 saturated carbocycles. The van der Waals surface area contributed by atoms with E-state index in [1.165, 1.54) is 0 Å². The van der Waals surface area contributed by atoms with Crippen molar-refractivity contribution >= 4 is 56.2 Å². The molecule has 0 atom stereocenters. The monoisotopic (exact) mass is 512 g/mol. The van der Waals surface area contributed by atoms with E-state index in [2.05, 4.69) is 56.7 Å². The highest BCUT2D eigenvalue weighted by Gasteiger charge is 2.26. The van der Waals surface area contributed by atoms with Gasteiger partial charge in [-0.25, -0.2) is 0 Å². The first-order chi connectivity index (χ1) is 15.3. The van der Waals surface area contributed by atoms with E-state index in [0.717, 1.165) is 46.9 Å². The summed E-state index contributed by atoms with van der Waals surface area (Å²) in [5.74, 6) is -0.176. The first kappa shape index (κ1) is 22.6. The largest absolute Gasteiger partial charge is 0.368 e. The van der Waals surface area contributed by atoms with E-state index in [0.29, 0.717) is 10.6 Å². The van der Waals surface area contributed by atoms with Crippen LogP contribution in [0.5, 0.6) is 0 Å². The summed E-state index contributed by atoms with van der Waals surface area (Å²) in [5.41, 5.74) is 4.08. The van der Waals surface area contributed by atoms with Crippen molar-refractivity contribution in [2.24, 2.45) is 0 Å². The van der Waals surface area contributed by atoms with Crippen LogP contribution in [0.15, 0.2) is 71.2 Å². The van der Waals surface area contributed by atoms with Crippen LogP contribution in [0.4, 0.5) is 22.7 Å². The molecule has 1 saturated heterocycles. The van der Waals surface area contributed by atoms with Gasteiger partial charge in [-0.1, -0.05) is 23.7 Å². The molecular formula is C25H26BrClN4O. The molecule has 4 rings (SSSR count). The predicted octanol–water partition coefficient (Wildman–Crippen LogP) is 6.29. The molecule has 1 aliphatic rings. The lowest BCUT2D eigenvalue weighted by Crippen LogP contribution is -2.57. The van der Waals surface area contributed by atoms with Crippen molar-refractivity contribution in [3.63, 3.8) is 0 Å². The van der Waals surface area contributed by atoms with Crippen molar-refractivity contribution in [2.75, 3.05) is 35.2 Å². The summed E-state index contributed by atoms with van der Waals surface area (Å²) in [6.45, 7) is 7.21. The van der Waals surface area contributed by atoms with E-state index in [1.807, 2.05) is 54.6 Å². The molecule has 1 amide bonds. The SMILES string of the molecule is CC1(C)CN(c2ccc(NC(=O)c3ccccc3Nc3ccc(Cl)cc3)cc2Br)CCN1. The molecule has 3 N–H and O–H groups in total. The highest BCUT2D eigenvalue weighted by atomic mass is 79.9. The summed E-state index contributed by atoms with van der Waals surface area (Å²) in [4.78, 5) is 15.4. The molecule has 0 aliphatic carbocycles. The van der Waals surface area contributed by atoms with Gasteiger partial charge < -0.3 is 20.9 Å². The van der Waals surface area contributed by atoms with Crippen molar-refractivity contribution in [3.8, 4) is 0 Å². The zero-order valence-electron chi connectivity index (χ0n) is 18.1. The number of halogens is 2. The highest BCUT2D eigenvalue weighted by Crippen LogP contribution is 2.32. The Kier molecular flexibility index (Phi) is 6.74. The van der Waals surface area contributed by atoms with E-state index in [-0.39, 0.29) is 11.4 Å². The maximum atomic E-state index is 13.1. The van der Waals surface area contributed by atoms with Gasteiger partial charge in [0.05, 0.1) is 16.9 Å². The van der Waals surface area contributed by atoms with Crippen LogP contribution in [-0.4, -0.2) is 31.1 Å². The van der Waals surface area contributed by atoms with Gasteiger partial charge in [0.1, 0.15) is 0 Å². The first-order valence-corrected chi connectivity index (χ1v) is 11.7. The first-order valence-electron chi connectivity index (χ1n) is 10.5. The minimum Gasteiger partial charge on any atom is -0.368 e. The number of para-hydroxylation sites is 1. The highest BCUT2D eigenvalue weighted by molar-refractivity contribution is 9.10. The summed E-state index contributed by atoms with van der Waals surface area (Å²) < 4.78 is 0.959. The zero-order valence-corrected chi connectivity index (χ0v) is 20.4. The minimum absolute atomic E-state index is 0.0609. The molecule has 1 aliphatic heterocycles. The number of anilines is 4. The number of benzene rings is 3. The van der Waals surface area contributed by atoms with E-state index >= 15 is 0 Å². The van der Waals surface area contributed by atoms with Gasteiger partial charge in [0.25, 0.3) is 5.91 Å². The van der Waals surface area contributed by atoms with Crippen LogP contribution in [0.2, 0.25) is 5.02 Å². The van der Waals surface area contributed by atoms with Crippen LogP contribution in [0.1, 0.15) is 24.2 Å². The Morgan fingerprint density at radius 2 is 1.78 bits per heavy atom. The lowest BCUT2D eigenvalue weighted by atomic mass is 10.0. The second-order valence-corrected chi connectivity index (χ2v) is 9.82.